The molecule has 0 unspecified atom stereocenters. The van der Waals surface area contributed by atoms with Gasteiger partial charge in [-0.05, 0) is 17.3 Å². The number of hydrogen-bond acceptors (Lipinski definition) is 3. The van der Waals surface area contributed by atoms with Crippen LogP contribution >= 0.6 is 0 Å². The van der Waals surface area contributed by atoms with E-state index in [0.717, 1.165) is 6.42 Å². The van der Waals surface area contributed by atoms with Crippen molar-refractivity contribution in [3.63, 3.8) is 0 Å². The maximum Gasteiger partial charge on any atom is 0.326 e. The Morgan fingerprint density at radius 2 is 2.05 bits per heavy atom. The first-order valence-corrected chi connectivity index (χ1v) is 7.02. The molecule has 108 valence electrons. The Morgan fingerprint density at radius 3 is 2.53 bits per heavy atom. The lowest BCUT2D eigenvalue weighted by Gasteiger charge is -2.31. The number of nitrogens with zero attached hydrogens (tertiary/aromatic N) is 1. The van der Waals surface area contributed by atoms with Crippen molar-refractivity contribution in [2.24, 2.45) is 28.9 Å². The number of nitrogens with two attached hydrogens (primary N) is 1. The molecule has 1 amide bonds. The predicted octanol–water partition coefficient (Wildman–Crippen LogP) is 0.927. The van der Waals surface area contributed by atoms with Crippen LogP contribution in [-0.2, 0) is 9.59 Å². The predicted molar refractivity (Wildman–Crippen MR) is 71.3 cm³/mol. The number of likely N-dealkylation sites (tertiary alicyclic amines) is 1. The van der Waals surface area contributed by atoms with Crippen molar-refractivity contribution in [2.45, 2.75) is 46.2 Å². The van der Waals surface area contributed by atoms with Gasteiger partial charge < -0.3 is 15.7 Å². The number of rotatable bonds is 4. The lowest BCUT2D eigenvalue weighted by molar-refractivity contribution is -0.151. The van der Waals surface area contributed by atoms with E-state index in [4.69, 9.17) is 5.73 Å². The zero-order valence-electron chi connectivity index (χ0n) is 12.1. The van der Waals surface area contributed by atoms with E-state index in [1.807, 2.05) is 13.8 Å². The van der Waals surface area contributed by atoms with Crippen molar-refractivity contribution in [1.82, 2.24) is 4.90 Å². The molecule has 2 rings (SSSR count). The minimum Gasteiger partial charge on any atom is -0.480 e. The summed E-state index contributed by atoms with van der Waals surface area (Å²) in [5.74, 6) is -0.640. The van der Waals surface area contributed by atoms with Gasteiger partial charge in [0, 0.05) is 12.5 Å². The topological polar surface area (TPSA) is 83.6 Å². The van der Waals surface area contributed by atoms with E-state index in [-0.39, 0.29) is 23.2 Å². The monoisotopic (exact) mass is 268 g/mol. The molecule has 2 fully saturated rings. The molecule has 0 aromatic rings. The summed E-state index contributed by atoms with van der Waals surface area (Å²) in [4.78, 5) is 25.3. The van der Waals surface area contributed by atoms with Gasteiger partial charge in [-0.3, -0.25) is 4.79 Å². The second-order valence-electron chi connectivity index (χ2n) is 6.64. The standard InChI is InChI=1S/C14H24N2O3/c1-5-7(2)10(15)12(17)16-6-8-9(14(8,3)4)11(16)13(18)19/h7-11H,5-6,15H2,1-4H3,(H,18,19)/t7-,8+,9+,10+,11+/m1/s1. The number of carbonyl (C=O) groups is 2. The van der Waals surface area contributed by atoms with Crippen LogP contribution in [0.1, 0.15) is 34.1 Å². The third-order valence-corrected chi connectivity index (χ3v) is 5.29. The Morgan fingerprint density at radius 1 is 1.47 bits per heavy atom. The number of carboxylic acid groups (broad SMARTS) is 1. The van der Waals surface area contributed by atoms with Crippen LogP contribution in [-0.4, -0.2) is 40.5 Å². The third kappa shape index (κ3) is 2.04. The van der Waals surface area contributed by atoms with Crippen LogP contribution in [0, 0.1) is 23.2 Å². The Labute approximate surface area is 114 Å². The van der Waals surface area contributed by atoms with E-state index in [2.05, 4.69) is 13.8 Å². The summed E-state index contributed by atoms with van der Waals surface area (Å²) in [6.45, 7) is 8.61. The fourth-order valence-electron chi connectivity index (χ4n) is 3.48. The molecule has 0 bridgehead atoms. The Kier molecular flexibility index (Phi) is 3.37. The molecule has 0 radical (unpaired) electrons. The SMILES string of the molecule is CC[C@@H](C)[C@H](N)C(=O)N1C[C@H]2[C@@H]([C@H]1C(=O)O)C2(C)C. The summed E-state index contributed by atoms with van der Waals surface area (Å²) >= 11 is 0. The van der Waals surface area contributed by atoms with Crippen LogP contribution in [0.3, 0.4) is 0 Å². The van der Waals surface area contributed by atoms with Gasteiger partial charge in [-0.2, -0.15) is 0 Å². The molecule has 1 saturated heterocycles. The van der Waals surface area contributed by atoms with Crippen molar-refractivity contribution >= 4 is 11.9 Å². The highest BCUT2D eigenvalue weighted by molar-refractivity contribution is 5.88. The molecule has 0 aromatic heterocycles. The maximum absolute atomic E-state index is 12.4. The Balaban J connectivity index is 2.14. The van der Waals surface area contributed by atoms with Crippen LogP contribution < -0.4 is 5.73 Å². The average Bonchev–Trinajstić information content (AvgIpc) is 2.77. The minimum atomic E-state index is -0.900. The van der Waals surface area contributed by atoms with E-state index >= 15 is 0 Å². The normalized spacial score (nSPS) is 34.6. The van der Waals surface area contributed by atoms with E-state index in [1.54, 1.807) is 0 Å². The number of fused-ring (bicyclic) bond motifs is 1. The highest BCUT2D eigenvalue weighted by Crippen LogP contribution is 2.64. The molecule has 1 aliphatic carbocycles. The van der Waals surface area contributed by atoms with Crippen molar-refractivity contribution < 1.29 is 14.7 Å². The number of aliphatic carboxylic acids is 1. The molecule has 5 heteroatoms. The summed E-state index contributed by atoms with van der Waals surface area (Å²) < 4.78 is 0. The lowest BCUT2D eigenvalue weighted by atomic mass is 9.96. The smallest absolute Gasteiger partial charge is 0.326 e. The van der Waals surface area contributed by atoms with Gasteiger partial charge in [-0.25, -0.2) is 4.79 Å². The average molecular weight is 268 g/mol. The van der Waals surface area contributed by atoms with Gasteiger partial charge in [0.1, 0.15) is 6.04 Å². The Bertz CT molecular complexity index is 407. The van der Waals surface area contributed by atoms with Crippen LogP contribution in [0.4, 0.5) is 0 Å². The van der Waals surface area contributed by atoms with Gasteiger partial charge in [0.15, 0.2) is 0 Å². The van der Waals surface area contributed by atoms with E-state index in [9.17, 15) is 14.7 Å². The van der Waals surface area contributed by atoms with E-state index < -0.39 is 18.1 Å². The molecule has 2 aliphatic rings. The van der Waals surface area contributed by atoms with Crippen LogP contribution in [0.25, 0.3) is 0 Å². The highest BCUT2D eigenvalue weighted by atomic mass is 16.4. The van der Waals surface area contributed by atoms with Crippen LogP contribution in [0.2, 0.25) is 0 Å². The molecule has 0 aromatic carbocycles. The quantitative estimate of drug-likeness (QED) is 0.794. The maximum atomic E-state index is 12.4. The third-order valence-electron chi connectivity index (χ3n) is 5.29. The zero-order chi connectivity index (χ0) is 14.5. The second-order valence-corrected chi connectivity index (χ2v) is 6.64. The van der Waals surface area contributed by atoms with Crippen molar-refractivity contribution in [2.75, 3.05) is 6.54 Å². The molecule has 1 aliphatic heterocycles. The van der Waals surface area contributed by atoms with Gasteiger partial charge in [-0.15, -0.1) is 0 Å². The summed E-state index contributed by atoms with van der Waals surface area (Å²) in [6.07, 6.45) is 0.816. The van der Waals surface area contributed by atoms with Gasteiger partial charge in [-0.1, -0.05) is 34.1 Å². The van der Waals surface area contributed by atoms with E-state index in [1.165, 1.54) is 4.90 Å². The zero-order valence-corrected chi connectivity index (χ0v) is 12.1. The van der Waals surface area contributed by atoms with Crippen molar-refractivity contribution in [3.8, 4) is 0 Å². The van der Waals surface area contributed by atoms with Crippen molar-refractivity contribution in [3.05, 3.63) is 0 Å². The summed E-state index contributed by atoms with van der Waals surface area (Å²) in [7, 11) is 0. The number of amides is 1. The minimum absolute atomic E-state index is 0.0420. The molecule has 1 heterocycles. The second kappa shape index (κ2) is 4.47. The molecular formula is C14H24N2O3. The molecule has 0 spiro atoms. The number of carboxylic acids is 1. The van der Waals surface area contributed by atoms with Crippen molar-refractivity contribution in [1.29, 1.82) is 0 Å². The van der Waals surface area contributed by atoms with Crippen LogP contribution in [0.15, 0.2) is 0 Å². The summed E-state index contributed by atoms with van der Waals surface area (Å²) in [5, 5.41) is 9.40. The largest absolute Gasteiger partial charge is 0.480 e. The Hall–Kier alpha value is -1.10. The first kappa shape index (κ1) is 14.3. The highest BCUT2D eigenvalue weighted by Gasteiger charge is 2.69. The molecule has 3 N–H and O–H groups in total. The summed E-state index contributed by atoms with van der Waals surface area (Å²) in [5.41, 5.74) is 6.00. The molecule has 19 heavy (non-hydrogen) atoms. The van der Waals surface area contributed by atoms with E-state index in [0.29, 0.717) is 12.5 Å². The number of carbonyl (C=O) groups excluding carboxylic acids is 1. The number of piperidine rings is 1. The van der Waals surface area contributed by atoms with Gasteiger partial charge in [0.05, 0.1) is 6.04 Å². The van der Waals surface area contributed by atoms with Gasteiger partial charge in [0.2, 0.25) is 5.91 Å². The molecule has 1 saturated carbocycles. The van der Waals surface area contributed by atoms with Gasteiger partial charge in [0.25, 0.3) is 0 Å². The fraction of sp³-hybridized carbons (Fsp3) is 0.857. The fourth-order valence-corrected chi connectivity index (χ4v) is 3.48. The summed E-state index contributed by atoms with van der Waals surface area (Å²) in [6, 6.07) is -1.28. The van der Waals surface area contributed by atoms with Gasteiger partial charge >= 0.3 is 5.97 Å². The lowest BCUT2D eigenvalue weighted by Crippen LogP contribution is -2.53. The molecule has 5 atom stereocenters. The number of hydrogen-bond donors (Lipinski definition) is 2. The van der Waals surface area contributed by atoms with Crippen LogP contribution in [0.5, 0.6) is 0 Å². The first-order valence-electron chi connectivity index (χ1n) is 7.02. The molecule has 5 nitrogen and oxygen atoms in total. The molecular weight excluding hydrogens is 244 g/mol. The first-order chi connectivity index (χ1) is 8.73.